The Kier molecular flexibility index (Phi) is 11.9. The maximum Gasteiger partial charge on any atom is 0.270 e. The Morgan fingerprint density at radius 1 is 1.15 bits per heavy atom. The van der Waals surface area contributed by atoms with Gasteiger partial charge in [-0.25, -0.2) is 21.5 Å². The first-order valence-electron chi connectivity index (χ1n) is 15.9. The molecule has 1 spiro atoms. The fraction of sp³-hybridized carbons (Fsp3) is 0.457. The molecule has 2 amide bonds. The van der Waals surface area contributed by atoms with Crippen molar-refractivity contribution in [1.82, 2.24) is 14.5 Å². The molecule has 0 radical (unpaired) electrons. The Labute approximate surface area is 281 Å². The van der Waals surface area contributed by atoms with Crippen LogP contribution in [0.4, 0.5) is 8.78 Å². The van der Waals surface area contributed by atoms with E-state index < -0.39 is 27.4 Å². The third-order valence-corrected chi connectivity index (χ3v) is 10.4. The van der Waals surface area contributed by atoms with E-state index in [2.05, 4.69) is 23.5 Å². The molecule has 260 valence electrons. The van der Waals surface area contributed by atoms with Gasteiger partial charge in [0, 0.05) is 50.3 Å². The highest BCUT2D eigenvalue weighted by Crippen LogP contribution is 2.35. The first-order valence-corrected chi connectivity index (χ1v) is 17.5. The lowest BCUT2D eigenvalue weighted by atomic mass is 9.89. The molecule has 2 aromatic carbocycles. The van der Waals surface area contributed by atoms with Crippen LogP contribution in [-0.2, 0) is 31.9 Å². The van der Waals surface area contributed by atoms with Crippen LogP contribution in [0.5, 0.6) is 5.75 Å². The van der Waals surface area contributed by atoms with Gasteiger partial charge in [-0.2, -0.15) is 0 Å². The van der Waals surface area contributed by atoms with Crippen molar-refractivity contribution in [3.8, 4) is 5.75 Å². The van der Waals surface area contributed by atoms with Crippen LogP contribution >= 0.6 is 0 Å². The van der Waals surface area contributed by atoms with Crippen LogP contribution in [0.25, 0.3) is 0 Å². The average Bonchev–Trinajstić information content (AvgIpc) is 3.36. The van der Waals surface area contributed by atoms with Gasteiger partial charge in [-0.05, 0) is 74.1 Å². The number of alkyl halides is 2. The Bertz CT molecular complexity index is 1660. The zero-order chi connectivity index (χ0) is 35.1. The number of amides is 2. The molecule has 1 N–H and O–H groups in total. The Morgan fingerprint density at radius 2 is 1.88 bits per heavy atom. The Balaban J connectivity index is 1.39. The van der Waals surface area contributed by atoms with Crippen molar-refractivity contribution in [3.63, 3.8) is 0 Å². The van der Waals surface area contributed by atoms with Crippen molar-refractivity contribution in [3.05, 3.63) is 89.5 Å². The molecule has 0 aromatic heterocycles. The van der Waals surface area contributed by atoms with Crippen LogP contribution in [0.15, 0.2) is 66.7 Å². The van der Waals surface area contributed by atoms with Crippen molar-refractivity contribution in [1.29, 1.82) is 0 Å². The Morgan fingerprint density at radius 3 is 2.52 bits per heavy atom. The van der Waals surface area contributed by atoms with Crippen molar-refractivity contribution < 1.29 is 36.3 Å². The summed E-state index contributed by atoms with van der Waals surface area (Å²) in [6.45, 7) is 11.5. The summed E-state index contributed by atoms with van der Waals surface area (Å²) in [7, 11) is -1.97. The molecule has 2 aliphatic rings. The highest BCUT2D eigenvalue weighted by molar-refractivity contribution is 7.89. The van der Waals surface area contributed by atoms with Crippen LogP contribution in [-0.4, -0.2) is 93.1 Å². The second-order valence-electron chi connectivity index (χ2n) is 12.2. The molecule has 10 nitrogen and oxygen atoms in total. The number of carbonyl (C=O) groups is 2. The van der Waals surface area contributed by atoms with Gasteiger partial charge in [0.2, 0.25) is 10.0 Å². The molecule has 0 bridgehead atoms. The van der Waals surface area contributed by atoms with E-state index in [0.717, 1.165) is 18.1 Å². The number of hydrogen-bond acceptors (Lipinski definition) is 7. The SMILES string of the molecule is C=CCCOc1cc(C2=NC3(CCN(S(=O)(=O)CCc4ccc(C(=O)N(C)CCOCC=C)cc4C)CC3)C(=O)N2)cc(C(C)(F)F)c1. The van der Waals surface area contributed by atoms with Gasteiger partial charge in [0.1, 0.15) is 17.1 Å². The molecule has 0 unspecified atom stereocenters. The number of nitrogens with zero attached hydrogens (tertiary/aromatic N) is 3. The summed E-state index contributed by atoms with van der Waals surface area (Å²) in [6.07, 6.45) is 4.38. The van der Waals surface area contributed by atoms with Gasteiger partial charge in [-0.1, -0.05) is 18.2 Å². The van der Waals surface area contributed by atoms with E-state index in [4.69, 9.17) is 9.47 Å². The number of piperidine rings is 1. The number of amidine groups is 1. The van der Waals surface area contributed by atoms with E-state index in [0.29, 0.717) is 31.7 Å². The molecule has 0 aliphatic carbocycles. The lowest BCUT2D eigenvalue weighted by Crippen LogP contribution is -2.50. The summed E-state index contributed by atoms with van der Waals surface area (Å²) >= 11 is 0. The molecular weight excluding hydrogens is 642 g/mol. The molecular formula is C35H44F2N4O6S. The molecule has 2 heterocycles. The third kappa shape index (κ3) is 8.94. The molecule has 13 heteroatoms. The first kappa shape index (κ1) is 36.9. The second kappa shape index (κ2) is 15.5. The standard InChI is InChI=1S/C35H44F2N4O6S/c1-6-8-18-47-30-23-28(22-29(24-30)34(4,36)37)31-38-33(43)35(39-31)12-14-41(15-13-35)48(44,45)20-11-26-9-10-27(21-25(26)3)32(42)40(5)16-19-46-17-7-2/h6-7,9-10,21-24H,1-2,8,11-20H2,3-5H3,(H,38,39,43). The van der Waals surface area contributed by atoms with Gasteiger partial charge < -0.3 is 19.7 Å². The van der Waals surface area contributed by atoms with Gasteiger partial charge in [-0.15, -0.1) is 13.2 Å². The van der Waals surface area contributed by atoms with Crippen LogP contribution < -0.4 is 10.1 Å². The lowest BCUT2D eigenvalue weighted by Gasteiger charge is -2.34. The number of ether oxygens (including phenoxy) is 2. The minimum absolute atomic E-state index is 0.0881. The quantitative estimate of drug-likeness (QED) is 0.204. The number of aliphatic imine (C=N–C) groups is 1. The van der Waals surface area contributed by atoms with Gasteiger partial charge in [0.15, 0.2) is 0 Å². The minimum Gasteiger partial charge on any atom is -0.493 e. The van der Waals surface area contributed by atoms with Gasteiger partial charge in [0.05, 0.1) is 25.6 Å². The molecule has 2 aromatic rings. The Hall–Kier alpha value is -3.94. The predicted octanol–water partition coefficient (Wildman–Crippen LogP) is 4.62. The van der Waals surface area contributed by atoms with Crippen LogP contribution in [0, 0.1) is 6.92 Å². The smallest absolute Gasteiger partial charge is 0.270 e. The highest BCUT2D eigenvalue weighted by atomic mass is 32.2. The average molecular weight is 687 g/mol. The van der Waals surface area contributed by atoms with Gasteiger partial charge in [-0.3, -0.25) is 14.6 Å². The predicted molar refractivity (Wildman–Crippen MR) is 181 cm³/mol. The van der Waals surface area contributed by atoms with E-state index in [-0.39, 0.29) is 73.3 Å². The number of carbonyl (C=O) groups excluding carboxylic acids is 2. The minimum atomic E-state index is -3.67. The lowest BCUT2D eigenvalue weighted by molar-refractivity contribution is -0.124. The van der Waals surface area contributed by atoms with Crippen molar-refractivity contribution in [2.75, 3.05) is 52.3 Å². The number of halogens is 2. The van der Waals surface area contributed by atoms with Crippen molar-refractivity contribution >= 4 is 27.7 Å². The van der Waals surface area contributed by atoms with E-state index in [1.54, 1.807) is 48.4 Å². The number of aryl methyl sites for hydroxylation is 2. The fourth-order valence-corrected chi connectivity index (χ4v) is 7.10. The number of nitrogens with one attached hydrogen (secondary N) is 1. The molecule has 0 atom stereocenters. The number of benzene rings is 2. The van der Waals surface area contributed by atoms with Crippen molar-refractivity contribution in [2.24, 2.45) is 4.99 Å². The molecule has 48 heavy (non-hydrogen) atoms. The summed E-state index contributed by atoms with van der Waals surface area (Å²) in [5.74, 6) is -3.46. The van der Waals surface area contributed by atoms with Gasteiger partial charge >= 0.3 is 0 Å². The maximum atomic E-state index is 14.3. The normalized spacial score (nSPS) is 16.4. The number of likely N-dealkylation sites (N-methyl/N-ethyl adjacent to an activating group) is 1. The fourth-order valence-electron chi connectivity index (χ4n) is 5.63. The highest BCUT2D eigenvalue weighted by Gasteiger charge is 2.47. The summed E-state index contributed by atoms with van der Waals surface area (Å²) in [5, 5.41) is 2.73. The molecule has 1 saturated heterocycles. The van der Waals surface area contributed by atoms with Crippen LogP contribution in [0.2, 0.25) is 0 Å². The number of hydrogen-bond donors (Lipinski definition) is 1. The maximum absolute atomic E-state index is 14.3. The van der Waals surface area contributed by atoms with Crippen LogP contribution in [0.3, 0.4) is 0 Å². The third-order valence-electron chi connectivity index (χ3n) is 8.57. The molecule has 1 fully saturated rings. The van der Waals surface area contributed by atoms with E-state index in [1.807, 2.05) is 6.92 Å². The molecule has 4 rings (SSSR count). The van der Waals surface area contributed by atoms with E-state index >= 15 is 0 Å². The topological polar surface area (TPSA) is 118 Å². The van der Waals surface area contributed by atoms with Crippen LogP contribution in [0.1, 0.15) is 58.8 Å². The number of rotatable bonds is 16. The zero-order valence-corrected chi connectivity index (χ0v) is 28.6. The molecule has 0 saturated carbocycles. The second-order valence-corrected chi connectivity index (χ2v) is 14.3. The van der Waals surface area contributed by atoms with E-state index in [1.165, 1.54) is 16.4 Å². The largest absolute Gasteiger partial charge is 0.493 e. The van der Waals surface area contributed by atoms with Gasteiger partial charge in [0.25, 0.3) is 17.7 Å². The van der Waals surface area contributed by atoms with Crippen molar-refractivity contribution in [2.45, 2.75) is 51.0 Å². The summed E-state index contributed by atoms with van der Waals surface area (Å²) in [4.78, 5) is 32.2. The monoisotopic (exact) mass is 686 g/mol. The number of sulfonamides is 1. The molecule has 2 aliphatic heterocycles. The summed E-state index contributed by atoms with van der Waals surface area (Å²) in [5.41, 5.74) is 0.954. The zero-order valence-electron chi connectivity index (χ0n) is 27.8. The first-order chi connectivity index (χ1) is 22.7. The summed E-state index contributed by atoms with van der Waals surface area (Å²) in [6, 6.07) is 9.34. The summed E-state index contributed by atoms with van der Waals surface area (Å²) < 4.78 is 67.7. The van der Waals surface area contributed by atoms with E-state index in [9.17, 15) is 26.8 Å².